The molecule has 1 saturated carbocycles. The summed E-state index contributed by atoms with van der Waals surface area (Å²) in [6.07, 6.45) is 4.06. The van der Waals surface area contributed by atoms with Gasteiger partial charge in [-0.1, -0.05) is 0 Å². The Bertz CT molecular complexity index is 1110. The summed E-state index contributed by atoms with van der Waals surface area (Å²) in [7, 11) is 4.80. The van der Waals surface area contributed by atoms with Gasteiger partial charge in [-0.2, -0.15) is 5.10 Å². The summed E-state index contributed by atoms with van der Waals surface area (Å²) in [5.41, 5.74) is 1.81. The van der Waals surface area contributed by atoms with Crippen LogP contribution in [0.1, 0.15) is 18.4 Å². The Balaban J connectivity index is 1.80. The van der Waals surface area contributed by atoms with Crippen molar-refractivity contribution in [1.82, 2.24) is 4.68 Å². The van der Waals surface area contributed by atoms with Crippen molar-refractivity contribution in [2.45, 2.75) is 18.9 Å². The Hall–Kier alpha value is -2.10. The molecule has 1 fully saturated rings. The molecule has 1 aromatic carbocycles. The van der Waals surface area contributed by atoms with Crippen molar-refractivity contribution >= 4 is 44.8 Å². The fourth-order valence-corrected chi connectivity index (χ4v) is 5.19. The number of nitrogens with zero attached hydrogens (tertiary/aromatic N) is 3. The van der Waals surface area contributed by atoms with Gasteiger partial charge in [0.1, 0.15) is 0 Å². The van der Waals surface area contributed by atoms with Crippen LogP contribution in [0.5, 0.6) is 17.2 Å². The van der Waals surface area contributed by atoms with Crippen LogP contribution in [0, 0.1) is 0 Å². The fourth-order valence-electron chi connectivity index (χ4n) is 2.83. The lowest BCUT2D eigenvalue weighted by molar-refractivity contribution is 0.324. The zero-order chi connectivity index (χ0) is 20.4. The molecule has 4 rings (SSSR count). The van der Waals surface area contributed by atoms with Gasteiger partial charge in [-0.25, -0.2) is 4.68 Å². The normalized spacial score (nSPS) is 14.6. The average Bonchev–Trinajstić information content (AvgIpc) is 3.31. The minimum atomic E-state index is 0.411. The molecule has 29 heavy (non-hydrogen) atoms. The highest BCUT2D eigenvalue weighted by atomic mass is 79.9. The van der Waals surface area contributed by atoms with Crippen LogP contribution in [-0.4, -0.2) is 38.3 Å². The molecule has 0 radical (unpaired) electrons. The van der Waals surface area contributed by atoms with Crippen molar-refractivity contribution in [3.8, 4) is 27.8 Å². The highest BCUT2D eigenvalue weighted by Crippen LogP contribution is 2.39. The molecule has 0 unspecified atom stereocenters. The number of hydrogen-bond acceptors (Lipinski definition) is 7. The maximum atomic E-state index is 5.57. The molecule has 0 amide bonds. The van der Waals surface area contributed by atoms with E-state index in [1.165, 1.54) is 0 Å². The number of methoxy groups -OCH3 is 3. The second-order valence-electron chi connectivity index (χ2n) is 6.35. The number of hydrogen-bond donors (Lipinski definition) is 0. The molecule has 2 heterocycles. The number of rotatable bonds is 7. The SMILES string of the molecule is COc1ccc(/C=N/n2c(-c3ccc(Br)s3)csc2=NC2CC2)c(OC)c1OC. The van der Waals surface area contributed by atoms with E-state index in [0.717, 1.165) is 37.6 Å². The van der Waals surface area contributed by atoms with Gasteiger partial charge in [0, 0.05) is 10.9 Å². The Labute approximate surface area is 185 Å². The first-order valence-corrected chi connectivity index (χ1v) is 11.5. The van der Waals surface area contributed by atoms with Gasteiger partial charge < -0.3 is 14.2 Å². The molecule has 6 nitrogen and oxygen atoms in total. The van der Waals surface area contributed by atoms with Crippen LogP contribution in [0.4, 0.5) is 0 Å². The quantitative estimate of drug-likeness (QED) is 0.434. The Morgan fingerprint density at radius 2 is 1.86 bits per heavy atom. The van der Waals surface area contributed by atoms with Crippen LogP contribution in [0.3, 0.4) is 0 Å². The average molecular weight is 494 g/mol. The van der Waals surface area contributed by atoms with E-state index in [2.05, 4.69) is 27.4 Å². The van der Waals surface area contributed by atoms with E-state index in [0.29, 0.717) is 23.3 Å². The van der Waals surface area contributed by atoms with Crippen molar-refractivity contribution in [3.05, 3.63) is 43.8 Å². The first-order chi connectivity index (χ1) is 14.1. The molecule has 152 valence electrons. The lowest BCUT2D eigenvalue weighted by Crippen LogP contribution is -2.13. The first-order valence-electron chi connectivity index (χ1n) is 8.98. The second-order valence-corrected chi connectivity index (χ2v) is 9.65. The van der Waals surface area contributed by atoms with Crippen molar-refractivity contribution < 1.29 is 14.2 Å². The number of thiophene rings is 1. The number of ether oxygens (including phenoxy) is 3. The van der Waals surface area contributed by atoms with Gasteiger partial charge in [-0.15, -0.1) is 22.7 Å². The molecule has 0 atom stereocenters. The van der Waals surface area contributed by atoms with Gasteiger partial charge in [0.05, 0.1) is 47.9 Å². The van der Waals surface area contributed by atoms with Crippen molar-refractivity contribution in [1.29, 1.82) is 0 Å². The predicted octanol–water partition coefficient (Wildman–Crippen LogP) is 5.01. The molecule has 0 N–H and O–H groups in total. The maximum Gasteiger partial charge on any atom is 0.206 e. The zero-order valence-corrected chi connectivity index (χ0v) is 19.4. The van der Waals surface area contributed by atoms with Crippen molar-refractivity contribution in [2.75, 3.05) is 21.3 Å². The summed E-state index contributed by atoms with van der Waals surface area (Å²) in [5, 5.41) is 6.87. The van der Waals surface area contributed by atoms with E-state index in [4.69, 9.17) is 24.3 Å². The molecule has 3 aromatic rings. The molecular weight excluding hydrogens is 474 g/mol. The summed E-state index contributed by atoms with van der Waals surface area (Å²) < 4.78 is 19.4. The van der Waals surface area contributed by atoms with Gasteiger partial charge in [0.2, 0.25) is 10.6 Å². The third kappa shape index (κ3) is 4.26. The van der Waals surface area contributed by atoms with Crippen molar-refractivity contribution in [2.24, 2.45) is 10.1 Å². The Kier molecular flexibility index (Phi) is 6.07. The smallest absolute Gasteiger partial charge is 0.206 e. The summed E-state index contributed by atoms with van der Waals surface area (Å²) in [5.74, 6) is 1.73. The number of benzene rings is 1. The summed E-state index contributed by atoms with van der Waals surface area (Å²) in [6, 6.07) is 8.28. The molecule has 0 saturated heterocycles. The number of thiazole rings is 1. The molecule has 0 bridgehead atoms. The van der Waals surface area contributed by atoms with E-state index in [1.807, 2.05) is 22.9 Å². The van der Waals surface area contributed by atoms with Gasteiger partial charge in [0.25, 0.3) is 0 Å². The third-order valence-electron chi connectivity index (χ3n) is 4.40. The van der Waals surface area contributed by atoms with Crippen LogP contribution < -0.4 is 19.0 Å². The standard InChI is InChI=1S/C20H20BrN3O3S2/c1-25-15-7-4-12(18(26-2)19(15)27-3)10-22-24-14(16-8-9-17(21)29-16)11-28-20(24)23-13-5-6-13/h4,7-11,13H,5-6H2,1-3H3/b22-10+,23-20?. The minimum absolute atomic E-state index is 0.411. The molecule has 0 spiro atoms. The molecule has 2 aromatic heterocycles. The summed E-state index contributed by atoms with van der Waals surface area (Å²) >= 11 is 6.82. The third-order valence-corrected chi connectivity index (χ3v) is 6.87. The second kappa shape index (κ2) is 8.73. The van der Waals surface area contributed by atoms with Crippen LogP contribution in [-0.2, 0) is 0 Å². The lowest BCUT2D eigenvalue weighted by Gasteiger charge is -2.13. The van der Waals surface area contributed by atoms with Crippen LogP contribution in [0.25, 0.3) is 10.6 Å². The highest BCUT2D eigenvalue weighted by Gasteiger charge is 2.21. The van der Waals surface area contributed by atoms with Gasteiger partial charge >= 0.3 is 0 Å². The van der Waals surface area contributed by atoms with E-state index in [9.17, 15) is 0 Å². The number of aromatic nitrogens is 1. The predicted molar refractivity (Wildman–Crippen MR) is 121 cm³/mol. The fraction of sp³-hybridized carbons (Fsp3) is 0.300. The van der Waals surface area contributed by atoms with Crippen molar-refractivity contribution in [3.63, 3.8) is 0 Å². The zero-order valence-electron chi connectivity index (χ0n) is 16.2. The van der Waals surface area contributed by atoms with Crippen LogP contribution >= 0.6 is 38.6 Å². The van der Waals surface area contributed by atoms with E-state index in [1.54, 1.807) is 50.2 Å². The van der Waals surface area contributed by atoms with Gasteiger partial charge in [-0.05, 0) is 53.0 Å². The largest absolute Gasteiger partial charge is 0.493 e. The van der Waals surface area contributed by atoms with Gasteiger partial charge in [0.15, 0.2) is 11.5 Å². The number of halogens is 1. The molecule has 9 heteroatoms. The maximum absolute atomic E-state index is 5.57. The first kappa shape index (κ1) is 20.2. The Morgan fingerprint density at radius 1 is 1.07 bits per heavy atom. The topological polar surface area (TPSA) is 57.3 Å². The lowest BCUT2D eigenvalue weighted by atomic mass is 10.2. The van der Waals surface area contributed by atoms with Crippen LogP contribution in [0.2, 0.25) is 0 Å². The Morgan fingerprint density at radius 3 is 2.48 bits per heavy atom. The molecule has 1 aliphatic carbocycles. The monoisotopic (exact) mass is 493 g/mol. The van der Waals surface area contributed by atoms with Gasteiger partial charge in [-0.3, -0.25) is 4.99 Å². The summed E-state index contributed by atoms with van der Waals surface area (Å²) in [6.45, 7) is 0. The highest BCUT2D eigenvalue weighted by molar-refractivity contribution is 9.11. The van der Waals surface area contributed by atoms with E-state index in [-0.39, 0.29) is 0 Å². The molecule has 1 aliphatic rings. The van der Waals surface area contributed by atoms with E-state index < -0.39 is 0 Å². The molecule has 0 aliphatic heterocycles. The minimum Gasteiger partial charge on any atom is -0.493 e. The summed E-state index contributed by atoms with van der Waals surface area (Å²) in [4.78, 5) is 6.84. The molecular formula is C20H20BrN3O3S2. The van der Waals surface area contributed by atoms with Crippen LogP contribution in [0.15, 0.2) is 43.5 Å². The van der Waals surface area contributed by atoms with E-state index >= 15 is 0 Å².